The zero-order chi connectivity index (χ0) is 10.2. The Morgan fingerprint density at radius 1 is 1.25 bits per heavy atom. The van der Waals surface area contributed by atoms with Gasteiger partial charge in [0.25, 0.3) is 0 Å². The summed E-state index contributed by atoms with van der Waals surface area (Å²) < 4.78 is 0. The molecule has 2 nitrogen and oxygen atoms in total. The highest BCUT2D eigenvalue weighted by Gasteiger charge is 2.10. The van der Waals surface area contributed by atoms with E-state index in [4.69, 9.17) is 5.73 Å². The van der Waals surface area contributed by atoms with Crippen molar-refractivity contribution in [2.24, 2.45) is 5.73 Å². The summed E-state index contributed by atoms with van der Waals surface area (Å²) in [5.74, 6) is 0.167. The van der Waals surface area contributed by atoms with E-state index in [9.17, 15) is 4.79 Å². The van der Waals surface area contributed by atoms with E-state index >= 15 is 0 Å². The van der Waals surface area contributed by atoms with Crippen LogP contribution in [0.1, 0.15) is 20.3 Å². The Bertz CT molecular complexity index is 114. The number of hydrogen-bond acceptors (Lipinski definition) is 2. The highest BCUT2D eigenvalue weighted by Crippen LogP contribution is 2.09. The van der Waals surface area contributed by atoms with Crippen LogP contribution in [0, 0.1) is 0 Å². The molecule has 0 aliphatic carbocycles. The third kappa shape index (κ3) is 32.8. The Hall–Kier alpha value is -0.153. The first-order valence-electron chi connectivity index (χ1n) is 4.47. The van der Waals surface area contributed by atoms with Gasteiger partial charge in [0.05, 0.1) is 0 Å². The minimum atomic E-state index is -0.758. The molecule has 74 valence electrons. The molecule has 0 bridgehead atoms. The SMILES string of the molecule is CC(C)=O.C[Si](C)(C)CCCN. The smallest absolute Gasteiger partial charge is 0.126 e. The Morgan fingerprint density at radius 2 is 1.58 bits per heavy atom. The van der Waals surface area contributed by atoms with E-state index in [1.807, 2.05) is 0 Å². The first-order chi connectivity index (χ1) is 5.29. The van der Waals surface area contributed by atoms with Crippen LogP contribution in [0.15, 0.2) is 0 Å². The number of carbonyl (C=O) groups excluding carboxylic acids is 1. The zero-order valence-corrected chi connectivity index (χ0v) is 10.1. The van der Waals surface area contributed by atoms with Gasteiger partial charge in [-0.15, -0.1) is 0 Å². The summed E-state index contributed by atoms with van der Waals surface area (Å²) in [5.41, 5.74) is 5.36. The summed E-state index contributed by atoms with van der Waals surface area (Å²) in [7, 11) is -0.758. The maximum Gasteiger partial charge on any atom is 0.126 e. The second-order valence-electron chi connectivity index (χ2n) is 4.36. The van der Waals surface area contributed by atoms with Crippen LogP contribution >= 0.6 is 0 Å². The molecule has 12 heavy (non-hydrogen) atoms. The molecule has 3 heteroatoms. The molecular formula is C9H23NOSi. The number of ketones is 1. The van der Waals surface area contributed by atoms with E-state index in [2.05, 4.69) is 19.6 Å². The molecule has 0 rings (SSSR count). The number of carbonyl (C=O) groups is 1. The highest BCUT2D eigenvalue weighted by molar-refractivity contribution is 6.76. The number of rotatable bonds is 3. The standard InChI is InChI=1S/C6H17NSi.C3H6O/c1-8(2,3)6-4-5-7;1-3(2)4/h4-7H2,1-3H3;1-2H3. The molecule has 0 saturated heterocycles. The summed E-state index contributed by atoms with van der Waals surface area (Å²) >= 11 is 0. The molecule has 0 aromatic heterocycles. The van der Waals surface area contributed by atoms with Crippen LogP contribution < -0.4 is 5.73 Å². The molecule has 0 spiro atoms. The first-order valence-corrected chi connectivity index (χ1v) is 8.17. The minimum absolute atomic E-state index is 0.167. The van der Waals surface area contributed by atoms with Crippen molar-refractivity contribution in [1.82, 2.24) is 0 Å². The van der Waals surface area contributed by atoms with Gasteiger partial charge in [0.1, 0.15) is 5.78 Å². The predicted octanol–water partition coefficient (Wildman–Crippen LogP) is 2.27. The second kappa shape index (κ2) is 7.49. The summed E-state index contributed by atoms with van der Waals surface area (Å²) in [6, 6.07) is 1.38. The van der Waals surface area contributed by atoms with E-state index < -0.39 is 8.07 Å². The topological polar surface area (TPSA) is 43.1 Å². The summed E-state index contributed by atoms with van der Waals surface area (Å²) in [6.07, 6.45) is 1.22. The Labute approximate surface area is 77.5 Å². The molecule has 0 fully saturated rings. The molecule has 0 aliphatic rings. The zero-order valence-electron chi connectivity index (χ0n) is 9.11. The van der Waals surface area contributed by atoms with Gasteiger partial charge in [-0.3, -0.25) is 0 Å². The third-order valence-electron chi connectivity index (χ3n) is 1.13. The molecule has 0 radical (unpaired) electrons. The molecule has 0 aromatic carbocycles. The first kappa shape index (κ1) is 14.4. The van der Waals surface area contributed by atoms with Crippen LogP contribution in [0.25, 0.3) is 0 Å². The largest absolute Gasteiger partial charge is 0.330 e. The van der Waals surface area contributed by atoms with Gasteiger partial charge in [-0.25, -0.2) is 0 Å². The van der Waals surface area contributed by atoms with E-state index in [0.29, 0.717) is 0 Å². The van der Waals surface area contributed by atoms with Crippen LogP contribution in [0.2, 0.25) is 25.7 Å². The summed E-state index contributed by atoms with van der Waals surface area (Å²) in [5, 5.41) is 0. The lowest BCUT2D eigenvalue weighted by molar-refractivity contribution is -0.114. The molecular weight excluding hydrogens is 166 g/mol. The van der Waals surface area contributed by atoms with Crippen LogP contribution in [-0.2, 0) is 4.79 Å². The van der Waals surface area contributed by atoms with E-state index in [1.54, 1.807) is 0 Å². The van der Waals surface area contributed by atoms with Gasteiger partial charge < -0.3 is 10.5 Å². The fourth-order valence-corrected chi connectivity index (χ4v) is 1.90. The lowest BCUT2D eigenvalue weighted by atomic mass is 10.5. The van der Waals surface area contributed by atoms with Gasteiger partial charge in [-0.1, -0.05) is 25.7 Å². The molecule has 0 saturated carbocycles. The lowest BCUT2D eigenvalue weighted by Crippen LogP contribution is -2.20. The Morgan fingerprint density at radius 3 is 1.67 bits per heavy atom. The number of hydrogen-bond donors (Lipinski definition) is 1. The Balaban J connectivity index is 0. The van der Waals surface area contributed by atoms with Crippen LogP contribution in [-0.4, -0.2) is 20.4 Å². The van der Waals surface area contributed by atoms with Gasteiger partial charge >= 0.3 is 0 Å². The fourth-order valence-electron chi connectivity index (χ4n) is 0.632. The maximum absolute atomic E-state index is 9.44. The van der Waals surface area contributed by atoms with Crippen molar-refractivity contribution in [3.05, 3.63) is 0 Å². The number of Topliss-reactive ketones (excluding diaryl/α,β-unsaturated/α-hetero) is 1. The average molecular weight is 189 g/mol. The highest BCUT2D eigenvalue weighted by atomic mass is 28.3. The van der Waals surface area contributed by atoms with Gasteiger partial charge in [-0.2, -0.15) is 0 Å². The van der Waals surface area contributed by atoms with Gasteiger partial charge in [0, 0.05) is 8.07 Å². The van der Waals surface area contributed by atoms with Crippen molar-refractivity contribution in [3.63, 3.8) is 0 Å². The van der Waals surface area contributed by atoms with Crippen molar-refractivity contribution in [2.45, 2.75) is 46.0 Å². The molecule has 0 atom stereocenters. The van der Waals surface area contributed by atoms with Crippen LogP contribution in [0.3, 0.4) is 0 Å². The number of nitrogens with two attached hydrogens (primary N) is 1. The molecule has 0 aliphatic heterocycles. The van der Waals surface area contributed by atoms with Gasteiger partial charge in [0.15, 0.2) is 0 Å². The molecule has 2 N–H and O–H groups in total. The monoisotopic (exact) mass is 189 g/mol. The molecule has 0 amide bonds. The maximum atomic E-state index is 9.44. The van der Waals surface area contributed by atoms with Crippen molar-refractivity contribution in [3.8, 4) is 0 Å². The van der Waals surface area contributed by atoms with Crippen molar-refractivity contribution < 1.29 is 4.79 Å². The molecule has 0 heterocycles. The minimum Gasteiger partial charge on any atom is -0.330 e. The molecule has 0 unspecified atom stereocenters. The van der Waals surface area contributed by atoms with Crippen molar-refractivity contribution in [2.75, 3.05) is 6.54 Å². The van der Waals surface area contributed by atoms with E-state index in [0.717, 1.165) is 6.54 Å². The fraction of sp³-hybridized carbons (Fsp3) is 0.889. The normalized spacial score (nSPS) is 10.2. The predicted molar refractivity (Wildman–Crippen MR) is 58.2 cm³/mol. The van der Waals surface area contributed by atoms with Gasteiger partial charge in [-0.05, 0) is 26.8 Å². The van der Waals surface area contributed by atoms with E-state index in [-0.39, 0.29) is 5.78 Å². The van der Waals surface area contributed by atoms with Crippen molar-refractivity contribution in [1.29, 1.82) is 0 Å². The second-order valence-corrected chi connectivity index (χ2v) is 9.98. The van der Waals surface area contributed by atoms with Crippen LogP contribution in [0.5, 0.6) is 0 Å². The van der Waals surface area contributed by atoms with E-state index in [1.165, 1.54) is 26.3 Å². The lowest BCUT2D eigenvalue weighted by Gasteiger charge is -2.13. The Kier molecular flexibility index (Phi) is 8.98. The van der Waals surface area contributed by atoms with Crippen molar-refractivity contribution >= 4 is 13.9 Å². The van der Waals surface area contributed by atoms with Gasteiger partial charge in [0.2, 0.25) is 0 Å². The quantitative estimate of drug-likeness (QED) is 0.692. The van der Waals surface area contributed by atoms with Crippen LogP contribution in [0.4, 0.5) is 0 Å². The summed E-state index contributed by atoms with van der Waals surface area (Å²) in [6.45, 7) is 11.1. The molecule has 0 aromatic rings. The summed E-state index contributed by atoms with van der Waals surface area (Å²) in [4.78, 5) is 9.44. The third-order valence-corrected chi connectivity index (χ3v) is 2.98. The average Bonchev–Trinajstić information content (AvgIpc) is 1.80.